The van der Waals surface area contributed by atoms with Gasteiger partial charge in [-0.1, -0.05) is 41.0 Å². The molecule has 7 aliphatic rings. The quantitative estimate of drug-likeness (QED) is 0.293. The predicted molar refractivity (Wildman–Crippen MR) is 185 cm³/mol. The Morgan fingerprint density at radius 1 is 0.867 bits per heavy atom. The van der Waals surface area contributed by atoms with Crippen LogP contribution in [0.1, 0.15) is 144 Å². The number of fused-ring (bicyclic) bond motifs is 5. The average molecular weight is 643 g/mol. The van der Waals surface area contributed by atoms with Crippen LogP contribution >= 0.6 is 9.24 Å². The van der Waals surface area contributed by atoms with Crippen molar-refractivity contribution in [3.8, 4) is 0 Å². The van der Waals surface area contributed by atoms with E-state index in [4.69, 9.17) is 9.47 Å². The Morgan fingerprint density at radius 2 is 1.60 bits per heavy atom. The molecule has 1 N–H and O–H groups in total. The third-order valence-electron chi connectivity index (χ3n) is 16.8. The van der Waals surface area contributed by atoms with Crippen molar-refractivity contribution in [3.05, 3.63) is 0 Å². The number of rotatable bonds is 6. The largest absolute Gasteiger partial charge is 0.481 e. The lowest BCUT2D eigenvalue weighted by Crippen LogP contribution is -2.55. The van der Waals surface area contributed by atoms with Gasteiger partial charge < -0.3 is 14.6 Å². The molecule has 1 aliphatic heterocycles. The Morgan fingerprint density at radius 3 is 2.38 bits per heavy atom. The predicted octanol–water partition coefficient (Wildman–Crippen LogP) is 9.99. The summed E-state index contributed by atoms with van der Waals surface area (Å²) in [6, 6.07) is 0. The number of hydrogen-bond acceptors (Lipinski definition) is 3. The molecule has 6 aliphatic carbocycles. The van der Waals surface area contributed by atoms with Crippen molar-refractivity contribution in [2.45, 2.75) is 168 Å². The van der Waals surface area contributed by atoms with E-state index in [0.717, 1.165) is 60.2 Å². The van der Waals surface area contributed by atoms with E-state index in [-0.39, 0.29) is 5.34 Å². The zero-order valence-corrected chi connectivity index (χ0v) is 30.8. The Labute approximate surface area is 277 Å². The molecule has 5 heteroatoms. The molecule has 0 spiro atoms. The summed E-state index contributed by atoms with van der Waals surface area (Å²) in [7, 11) is 3.07. The molecule has 0 aromatic rings. The molecular formula is C40H67O4P. The number of carboxylic acids is 1. The van der Waals surface area contributed by atoms with Gasteiger partial charge in [0.05, 0.1) is 23.7 Å². The number of carboxylic acid groups (broad SMARTS) is 1. The van der Waals surface area contributed by atoms with Crippen molar-refractivity contribution >= 4 is 15.2 Å². The second kappa shape index (κ2) is 12.3. The summed E-state index contributed by atoms with van der Waals surface area (Å²) >= 11 is 0. The van der Waals surface area contributed by atoms with Gasteiger partial charge in [-0.05, 0) is 166 Å². The van der Waals surface area contributed by atoms with Gasteiger partial charge in [0.2, 0.25) is 0 Å². The second-order valence-corrected chi connectivity index (χ2v) is 20.1. The van der Waals surface area contributed by atoms with Gasteiger partial charge in [0, 0.05) is 12.8 Å². The Hall–Kier alpha value is -0.180. The molecule has 0 aromatic heterocycles. The lowest BCUT2D eigenvalue weighted by Gasteiger charge is -2.61. The molecule has 1 heterocycles. The number of ether oxygens (including phenoxy) is 2. The first-order chi connectivity index (χ1) is 21.3. The molecule has 7 rings (SSSR count). The van der Waals surface area contributed by atoms with Crippen molar-refractivity contribution in [3.63, 3.8) is 0 Å². The summed E-state index contributed by atoms with van der Waals surface area (Å²) in [5.74, 6) is 7.81. The van der Waals surface area contributed by atoms with Gasteiger partial charge >= 0.3 is 5.97 Å². The summed E-state index contributed by atoms with van der Waals surface area (Å²) in [5, 5.41) is 9.23. The first-order valence-corrected chi connectivity index (χ1v) is 20.2. The third kappa shape index (κ3) is 5.81. The van der Waals surface area contributed by atoms with E-state index in [2.05, 4.69) is 50.8 Å². The van der Waals surface area contributed by atoms with Crippen molar-refractivity contribution < 1.29 is 19.4 Å². The number of hydrogen-bond donors (Lipinski definition) is 1. The fraction of sp³-hybridized carbons (Fsp3) is 0.975. The van der Waals surface area contributed by atoms with Gasteiger partial charge in [-0.2, -0.15) is 0 Å². The molecule has 45 heavy (non-hydrogen) atoms. The normalized spacial score (nSPS) is 55.0. The lowest BCUT2D eigenvalue weighted by molar-refractivity contribution is -0.190. The van der Waals surface area contributed by atoms with Crippen LogP contribution in [-0.4, -0.2) is 34.7 Å². The third-order valence-corrected chi connectivity index (χ3v) is 17.2. The fourth-order valence-electron chi connectivity index (χ4n) is 14.4. The minimum atomic E-state index is -0.628. The van der Waals surface area contributed by atoms with E-state index in [1.807, 2.05) is 0 Å². The first-order valence-electron chi connectivity index (χ1n) is 19.6. The van der Waals surface area contributed by atoms with E-state index in [0.29, 0.717) is 53.3 Å². The van der Waals surface area contributed by atoms with Crippen molar-refractivity contribution in [2.24, 2.45) is 75.9 Å². The molecule has 0 radical (unpaired) electrons. The highest BCUT2D eigenvalue weighted by Crippen LogP contribution is 2.68. The van der Waals surface area contributed by atoms with E-state index < -0.39 is 5.97 Å². The van der Waals surface area contributed by atoms with Crippen LogP contribution in [0.3, 0.4) is 0 Å². The lowest BCUT2D eigenvalue weighted by atomic mass is 9.44. The zero-order valence-electron chi connectivity index (χ0n) is 29.6. The Balaban J connectivity index is 1.01. The van der Waals surface area contributed by atoms with Crippen LogP contribution in [0.15, 0.2) is 0 Å². The highest BCUT2D eigenvalue weighted by molar-refractivity contribution is 7.18. The summed E-state index contributed by atoms with van der Waals surface area (Å²) in [4.78, 5) is 11.3. The Kier molecular flexibility index (Phi) is 9.11. The molecular weight excluding hydrogens is 575 g/mol. The van der Waals surface area contributed by atoms with Crippen molar-refractivity contribution in [2.75, 3.05) is 0 Å². The second-order valence-electron chi connectivity index (χ2n) is 18.9. The van der Waals surface area contributed by atoms with Crippen LogP contribution in [0, 0.1) is 75.9 Å². The molecule has 15 unspecified atom stereocenters. The minimum Gasteiger partial charge on any atom is -0.481 e. The van der Waals surface area contributed by atoms with Gasteiger partial charge in [-0.25, -0.2) is 0 Å². The highest BCUT2D eigenvalue weighted by Gasteiger charge is 2.61. The molecule has 0 aromatic carbocycles. The summed E-state index contributed by atoms with van der Waals surface area (Å²) < 4.78 is 14.2. The summed E-state index contributed by atoms with van der Waals surface area (Å²) in [6.45, 7) is 15.0. The van der Waals surface area contributed by atoms with Crippen LogP contribution in [0.4, 0.5) is 0 Å². The van der Waals surface area contributed by atoms with Gasteiger partial charge in [0.25, 0.3) is 0 Å². The molecule has 256 valence electrons. The molecule has 6 saturated carbocycles. The topological polar surface area (TPSA) is 55.8 Å². The van der Waals surface area contributed by atoms with Crippen LogP contribution in [0.5, 0.6) is 0 Å². The van der Waals surface area contributed by atoms with Gasteiger partial charge in [-0.15, -0.1) is 9.24 Å². The van der Waals surface area contributed by atoms with Crippen molar-refractivity contribution in [1.82, 2.24) is 0 Å². The monoisotopic (exact) mass is 642 g/mol. The molecule has 4 nitrogen and oxygen atoms in total. The molecule has 18 atom stereocenters. The maximum absolute atomic E-state index is 11.3. The van der Waals surface area contributed by atoms with Crippen LogP contribution < -0.4 is 0 Å². The summed E-state index contributed by atoms with van der Waals surface area (Å²) in [5.41, 5.74) is 0.888. The standard InChI is InChI=1S/C40H67O4P/c1-23-7-10-29-25(3)34(22-35-37(29)28(23)16-20-40(6,45)44-35)43-27-15-18-38(4)26(21-27)9-11-30-32-13-12-31(24(2)8-14-36(41)42)39(32,5)19-17-33(30)38/h23-35,37H,7-22,45H2,1-6H3,(H,41,42)/t23-,24-,25?,26?,27-,28?,29?,30?,31?,32?,33?,34?,35?,37?,38?,39?,40?/m1/s1. The molecule has 0 amide bonds. The summed E-state index contributed by atoms with van der Waals surface area (Å²) in [6.07, 6.45) is 20.8. The highest BCUT2D eigenvalue weighted by atomic mass is 31.0. The van der Waals surface area contributed by atoms with Gasteiger partial charge in [0.15, 0.2) is 0 Å². The zero-order chi connectivity index (χ0) is 31.9. The first kappa shape index (κ1) is 33.3. The van der Waals surface area contributed by atoms with Crippen LogP contribution in [0.25, 0.3) is 0 Å². The maximum Gasteiger partial charge on any atom is 0.303 e. The SMILES string of the molecule is CC1C(O[C@@H]2CCC3(C)C(CCC4C3CCC3(C)C4CCC3[C@H](C)CCC(=O)O)C2)CC2OC(C)(P)CCC3C2C1CC[C@H]3C. The minimum absolute atomic E-state index is 0.0887. The van der Waals surface area contributed by atoms with Crippen molar-refractivity contribution in [1.29, 1.82) is 0 Å². The number of carbonyl (C=O) groups is 1. The smallest absolute Gasteiger partial charge is 0.303 e. The van der Waals surface area contributed by atoms with Gasteiger partial charge in [-0.3, -0.25) is 4.79 Å². The maximum atomic E-state index is 11.3. The van der Waals surface area contributed by atoms with Gasteiger partial charge in [0.1, 0.15) is 0 Å². The van der Waals surface area contributed by atoms with Crippen LogP contribution in [0.2, 0.25) is 0 Å². The Bertz CT molecular complexity index is 1090. The average Bonchev–Trinajstić information content (AvgIpc) is 3.27. The van der Waals surface area contributed by atoms with E-state index in [1.165, 1.54) is 83.5 Å². The molecule has 1 saturated heterocycles. The molecule has 7 fully saturated rings. The van der Waals surface area contributed by atoms with E-state index >= 15 is 0 Å². The van der Waals surface area contributed by atoms with Crippen LogP contribution in [-0.2, 0) is 14.3 Å². The molecule has 0 bridgehead atoms. The fourth-order valence-corrected chi connectivity index (χ4v) is 14.7. The number of aliphatic carboxylic acids is 1. The van der Waals surface area contributed by atoms with E-state index in [9.17, 15) is 9.90 Å². The van der Waals surface area contributed by atoms with E-state index in [1.54, 1.807) is 0 Å².